The second-order valence-corrected chi connectivity index (χ2v) is 13.7. The fourth-order valence-electron chi connectivity index (χ4n) is 2.00. The number of benzene rings is 2. The van der Waals surface area contributed by atoms with Crippen molar-refractivity contribution in [3.63, 3.8) is 0 Å². The van der Waals surface area contributed by atoms with Crippen molar-refractivity contribution in [3.05, 3.63) is 60.7 Å². The summed E-state index contributed by atoms with van der Waals surface area (Å²) in [4.78, 5) is 29.0. The number of hydrogen-bond donors (Lipinski definition) is 3. The molecule has 0 aromatic heterocycles. The molecule has 2 rings (SSSR count). The zero-order chi connectivity index (χ0) is 17.3. The minimum absolute atomic E-state index is 0.701. The van der Waals surface area contributed by atoms with Crippen LogP contribution < -0.4 is 10.4 Å². The Labute approximate surface area is 144 Å². The van der Waals surface area contributed by atoms with Gasteiger partial charge in [-0.05, 0) is 23.5 Å². The first-order chi connectivity index (χ1) is 10.8. The molecule has 126 valence electrons. The maximum Gasteiger partial charge on any atom is 0.358 e. The molecule has 0 aliphatic carbocycles. The molecule has 0 aliphatic heterocycles. The van der Waals surface area contributed by atoms with Crippen LogP contribution in [0.2, 0.25) is 13.1 Å². The first-order valence-corrected chi connectivity index (χ1v) is 13.9. The lowest BCUT2D eigenvalue weighted by atomic mass is 10.4. The molecule has 0 bridgehead atoms. The molecule has 9 heteroatoms. The lowest BCUT2D eigenvalue weighted by molar-refractivity contribution is 0.334. The minimum atomic E-state index is -3.09. The van der Waals surface area contributed by atoms with Crippen molar-refractivity contribution in [2.45, 2.75) is 13.1 Å². The van der Waals surface area contributed by atoms with Crippen molar-refractivity contribution in [3.8, 4) is 0 Å². The summed E-state index contributed by atoms with van der Waals surface area (Å²) < 4.78 is 10.2. The third kappa shape index (κ3) is 6.62. The summed E-state index contributed by atoms with van der Waals surface area (Å²) in [6, 6.07) is 18.6. The van der Waals surface area contributed by atoms with Gasteiger partial charge in [-0.2, -0.15) is 0 Å². The maximum absolute atomic E-state index is 10.6. The van der Waals surface area contributed by atoms with Crippen LogP contribution in [0.15, 0.2) is 60.7 Å². The normalized spacial score (nSPS) is 16.4. The highest BCUT2D eigenvalue weighted by molar-refractivity contribution is 6.91. The number of hydrogen-bond acceptors (Lipinski definition) is 5. The van der Waals surface area contributed by atoms with Crippen LogP contribution in [0.4, 0.5) is 0 Å². The molecule has 2 aromatic carbocycles. The Hall–Kier alpha value is -0.892. The van der Waals surface area contributed by atoms with E-state index >= 15 is 0 Å². The average molecular weight is 385 g/mol. The Morgan fingerprint density at radius 2 is 1.13 bits per heavy atom. The second-order valence-electron chi connectivity index (χ2n) is 5.22. The first kappa shape index (κ1) is 20.2. The van der Waals surface area contributed by atoms with Crippen LogP contribution in [0.5, 0.6) is 0 Å². The van der Waals surface area contributed by atoms with Gasteiger partial charge in [-0.25, -0.2) is 0 Å². The van der Waals surface area contributed by atoms with Crippen LogP contribution in [0.3, 0.4) is 0 Å². The molecule has 2 aromatic rings. The zero-order valence-electron chi connectivity index (χ0n) is 13.6. The molecule has 2 unspecified atom stereocenters. The van der Waals surface area contributed by atoms with Gasteiger partial charge >= 0.3 is 17.1 Å². The van der Waals surface area contributed by atoms with E-state index in [0.717, 1.165) is 10.4 Å². The Morgan fingerprint density at radius 1 is 0.826 bits per heavy atom. The topological polar surface area (TPSA) is 79.2 Å². The molecular weight excluding hydrogens is 360 g/mol. The summed E-state index contributed by atoms with van der Waals surface area (Å²) in [5.74, 6) is 0. The van der Waals surface area contributed by atoms with E-state index in [1.807, 2.05) is 60.7 Å². The molecule has 0 aliphatic rings. The van der Waals surface area contributed by atoms with Gasteiger partial charge in [0.25, 0.3) is 10.0 Å². The molecule has 0 heterocycles. The predicted molar refractivity (Wildman–Crippen MR) is 103 cm³/mol. The van der Waals surface area contributed by atoms with Gasteiger partial charge in [0.2, 0.25) is 0 Å². The van der Waals surface area contributed by atoms with Crippen molar-refractivity contribution >= 4 is 48.0 Å². The van der Waals surface area contributed by atoms with Crippen molar-refractivity contribution in [2.24, 2.45) is 0 Å². The first-order valence-electron chi connectivity index (χ1n) is 7.19. The van der Waals surface area contributed by atoms with E-state index in [1.54, 1.807) is 13.1 Å². The van der Waals surface area contributed by atoms with E-state index in [1.165, 1.54) is 0 Å². The summed E-state index contributed by atoms with van der Waals surface area (Å²) in [5, 5.41) is 1.53. The Bertz CT molecular complexity index is 514. The molecular formula is C14H24O5Si4. The maximum atomic E-state index is 10.6. The smallest absolute Gasteiger partial charge is 0.358 e. The Balaban J connectivity index is 0.000000593. The Kier molecular flexibility index (Phi) is 8.25. The van der Waals surface area contributed by atoms with E-state index in [2.05, 4.69) is 4.12 Å². The molecule has 3 N–H and O–H groups in total. The van der Waals surface area contributed by atoms with Gasteiger partial charge in [-0.3, -0.25) is 0 Å². The monoisotopic (exact) mass is 384 g/mol. The number of rotatable bonds is 5. The van der Waals surface area contributed by atoms with E-state index in [4.69, 9.17) is 8.91 Å². The van der Waals surface area contributed by atoms with Crippen LogP contribution in [0, 0.1) is 0 Å². The van der Waals surface area contributed by atoms with Gasteiger partial charge in [0.15, 0.2) is 0 Å². The molecule has 0 fully saturated rings. The summed E-state index contributed by atoms with van der Waals surface area (Å²) in [7, 11) is -6.48. The quantitative estimate of drug-likeness (QED) is 0.531. The molecule has 0 saturated heterocycles. The lowest BCUT2D eigenvalue weighted by Gasteiger charge is -2.30. The van der Waals surface area contributed by atoms with Crippen LogP contribution in [0.25, 0.3) is 0 Å². The highest BCUT2D eigenvalue weighted by atomic mass is 28.5. The molecule has 5 nitrogen and oxygen atoms in total. The van der Waals surface area contributed by atoms with E-state index in [0.29, 0.717) is 10.5 Å². The fraction of sp³-hybridized carbons (Fsp3) is 0.143. The largest absolute Gasteiger partial charge is 0.449 e. The van der Waals surface area contributed by atoms with Crippen molar-refractivity contribution in [2.75, 3.05) is 0 Å². The molecule has 0 amide bonds. The van der Waals surface area contributed by atoms with Crippen LogP contribution in [-0.2, 0) is 8.23 Å². The van der Waals surface area contributed by atoms with Crippen LogP contribution >= 0.6 is 0 Å². The molecule has 2 atom stereocenters. The molecule has 23 heavy (non-hydrogen) atoms. The zero-order valence-corrected chi connectivity index (χ0v) is 19.1. The fourth-order valence-corrected chi connectivity index (χ4v) is 7.66. The van der Waals surface area contributed by atoms with Crippen molar-refractivity contribution in [1.82, 2.24) is 0 Å². The third-order valence-corrected chi connectivity index (χ3v) is 10.2. The molecule has 0 saturated carbocycles. The predicted octanol–water partition coefficient (Wildman–Crippen LogP) is -1.78. The lowest BCUT2D eigenvalue weighted by Crippen LogP contribution is -2.61. The van der Waals surface area contributed by atoms with Gasteiger partial charge < -0.3 is 22.6 Å². The summed E-state index contributed by atoms with van der Waals surface area (Å²) in [5.41, 5.74) is 0. The van der Waals surface area contributed by atoms with E-state index in [9.17, 15) is 9.59 Å². The summed E-state index contributed by atoms with van der Waals surface area (Å²) in [6.07, 6.45) is 0. The van der Waals surface area contributed by atoms with Gasteiger partial charge in [0.1, 0.15) is 10.5 Å². The van der Waals surface area contributed by atoms with Crippen molar-refractivity contribution < 1.29 is 22.6 Å². The van der Waals surface area contributed by atoms with Crippen LogP contribution in [-0.4, -0.2) is 52.0 Å². The summed E-state index contributed by atoms with van der Waals surface area (Å²) >= 11 is 0. The SMILES string of the molecule is C[Si](O)(O[Si](C)(O)c1ccccc1)c1ccccc1.O[SiH2]O[SiH3]. The van der Waals surface area contributed by atoms with Gasteiger partial charge in [-0.15, -0.1) is 0 Å². The highest BCUT2D eigenvalue weighted by Crippen LogP contribution is 2.10. The molecule has 0 radical (unpaired) electrons. The van der Waals surface area contributed by atoms with E-state index < -0.39 is 27.1 Å². The summed E-state index contributed by atoms with van der Waals surface area (Å²) in [6.45, 7) is 3.37. The van der Waals surface area contributed by atoms with Crippen molar-refractivity contribution in [1.29, 1.82) is 0 Å². The second kappa shape index (κ2) is 9.41. The highest BCUT2D eigenvalue weighted by Gasteiger charge is 2.41. The third-order valence-electron chi connectivity index (χ3n) is 3.15. The van der Waals surface area contributed by atoms with Gasteiger partial charge in [0, 0.05) is 0 Å². The average Bonchev–Trinajstić information content (AvgIpc) is 2.56. The Morgan fingerprint density at radius 3 is 1.39 bits per heavy atom. The standard InChI is InChI=1S/C14H18O3Si2.H6O2Si2/c1-18(15,13-9-5-3-6-10-13)17-19(2,16)14-11-7-4-8-12-14;1-4-2-3/h3-12,15-16H,1-2H3;1H,4H2,3H3. The van der Waals surface area contributed by atoms with Gasteiger partial charge in [0.05, 0.1) is 0 Å². The molecule has 0 spiro atoms. The van der Waals surface area contributed by atoms with E-state index in [-0.39, 0.29) is 0 Å². The van der Waals surface area contributed by atoms with Gasteiger partial charge in [-0.1, -0.05) is 60.7 Å². The minimum Gasteiger partial charge on any atom is -0.449 e. The van der Waals surface area contributed by atoms with Crippen LogP contribution in [0.1, 0.15) is 0 Å².